The molecule has 0 saturated heterocycles. The summed E-state index contributed by atoms with van der Waals surface area (Å²) in [5, 5.41) is 0. The number of benzene rings is 1. The van der Waals surface area contributed by atoms with Crippen LogP contribution in [0.15, 0.2) is 18.2 Å². The lowest BCUT2D eigenvalue weighted by atomic mass is 10.1. The van der Waals surface area contributed by atoms with Crippen LogP contribution >= 0.6 is 0 Å². The molecule has 0 fully saturated rings. The van der Waals surface area contributed by atoms with Crippen LogP contribution in [0, 0.1) is 5.82 Å². The number of carbonyl (C=O) groups excluding carboxylic acids is 1. The van der Waals surface area contributed by atoms with Crippen molar-refractivity contribution in [2.45, 2.75) is 6.42 Å². The Hall–Kier alpha value is -1.42. The lowest BCUT2D eigenvalue weighted by Gasteiger charge is -2.03. The molecule has 0 radical (unpaired) electrons. The molecule has 1 rings (SSSR count). The topological polar surface area (TPSA) is 52.3 Å². The van der Waals surface area contributed by atoms with Gasteiger partial charge in [0, 0.05) is 0 Å². The Balaban J connectivity index is 2.95. The van der Waals surface area contributed by atoms with Crippen LogP contribution in [0.4, 0.5) is 4.39 Å². The number of nitrogens with two attached hydrogens (primary N) is 1. The highest BCUT2D eigenvalue weighted by Gasteiger charge is 2.11. The van der Waals surface area contributed by atoms with Gasteiger partial charge in [-0.25, -0.2) is 9.18 Å². The van der Waals surface area contributed by atoms with Crippen molar-refractivity contribution in [3.63, 3.8) is 0 Å². The fourth-order valence-corrected chi connectivity index (χ4v) is 1.16. The van der Waals surface area contributed by atoms with Crippen LogP contribution in [-0.2, 0) is 11.2 Å². The van der Waals surface area contributed by atoms with E-state index in [1.807, 2.05) is 0 Å². The number of methoxy groups -OCH3 is 1. The van der Waals surface area contributed by atoms with Crippen LogP contribution in [0.1, 0.15) is 15.9 Å². The van der Waals surface area contributed by atoms with Gasteiger partial charge in [-0.2, -0.15) is 0 Å². The van der Waals surface area contributed by atoms with Gasteiger partial charge in [0.1, 0.15) is 5.82 Å². The summed E-state index contributed by atoms with van der Waals surface area (Å²) in [7, 11) is 1.22. The minimum Gasteiger partial charge on any atom is -0.465 e. The second-order valence-corrected chi connectivity index (χ2v) is 2.84. The van der Waals surface area contributed by atoms with E-state index in [0.717, 1.165) is 5.56 Å². The van der Waals surface area contributed by atoms with E-state index in [0.29, 0.717) is 13.0 Å². The normalized spacial score (nSPS) is 9.93. The summed E-state index contributed by atoms with van der Waals surface area (Å²) in [5.41, 5.74) is 6.05. The molecule has 14 heavy (non-hydrogen) atoms. The molecule has 0 aromatic heterocycles. The summed E-state index contributed by atoms with van der Waals surface area (Å²) in [6.45, 7) is 0.455. The van der Waals surface area contributed by atoms with Gasteiger partial charge >= 0.3 is 5.97 Å². The van der Waals surface area contributed by atoms with Crippen LogP contribution < -0.4 is 5.73 Å². The smallest absolute Gasteiger partial charge is 0.340 e. The number of hydrogen-bond acceptors (Lipinski definition) is 3. The van der Waals surface area contributed by atoms with E-state index in [-0.39, 0.29) is 5.56 Å². The summed E-state index contributed by atoms with van der Waals surface area (Å²) < 4.78 is 17.7. The van der Waals surface area contributed by atoms with Gasteiger partial charge in [-0.15, -0.1) is 0 Å². The number of carbonyl (C=O) groups is 1. The molecule has 76 valence electrons. The molecule has 4 heteroatoms. The predicted octanol–water partition coefficient (Wildman–Crippen LogP) is 1.11. The van der Waals surface area contributed by atoms with Crippen LogP contribution in [0.2, 0.25) is 0 Å². The Morgan fingerprint density at radius 3 is 2.79 bits per heavy atom. The Morgan fingerprint density at radius 1 is 1.57 bits per heavy atom. The summed E-state index contributed by atoms with van der Waals surface area (Å²) >= 11 is 0. The predicted molar refractivity (Wildman–Crippen MR) is 50.5 cm³/mol. The molecule has 3 nitrogen and oxygen atoms in total. The average molecular weight is 197 g/mol. The van der Waals surface area contributed by atoms with Crippen LogP contribution in [0.3, 0.4) is 0 Å². The number of rotatable bonds is 3. The van der Waals surface area contributed by atoms with Crippen molar-refractivity contribution in [2.24, 2.45) is 5.73 Å². The molecule has 0 aliphatic carbocycles. The third-order valence-electron chi connectivity index (χ3n) is 1.87. The van der Waals surface area contributed by atoms with Crippen LogP contribution in [-0.4, -0.2) is 19.6 Å². The Kier molecular flexibility index (Phi) is 3.59. The van der Waals surface area contributed by atoms with E-state index in [2.05, 4.69) is 4.74 Å². The van der Waals surface area contributed by atoms with Crippen LogP contribution in [0.5, 0.6) is 0 Å². The SMILES string of the molecule is COC(=O)c1ccc(CCN)cc1F. The third-order valence-corrected chi connectivity index (χ3v) is 1.87. The summed E-state index contributed by atoms with van der Waals surface area (Å²) in [6, 6.07) is 4.38. The fraction of sp³-hybridized carbons (Fsp3) is 0.300. The second-order valence-electron chi connectivity index (χ2n) is 2.84. The average Bonchev–Trinajstić information content (AvgIpc) is 2.17. The van der Waals surface area contributed by atoms with Gasteiger partial charge in [0.15, 0.2) is 0 Å². The van der Waals surface area contributed by atoms with Crippen LogP contribution in [0.25, 0.3) is 0 Å². The number of hydrogen-bond donors (Lipinski definition) is 1. The second kappa shape index (κ2) is 4.72. The van der Waals surface area contributed by atoms with Crippen molar-refractivity contribution in [1.82, 2.24) is 0 Å². The molecule has 0 aliphatic rings. The minimum absolute atomic E-state index is 0.0479. The van der Waals surface area contributed by atoms with E-state index in [1.165, 1.54) is 19.2 Å². The lowest BCUT2D eigenvalue weighted by Crippen LogP contribution is -2.07. The first-order valence-electron chi connectivity index (χ1n) is 4.26. The molecular weight excluding hydrogens is 185 g/mol. The maximum Gasteiger partial charge on any atom is 0.340 e. The quantitative estimate of drug-likeness (QED) is 0.738. The van der Waals surface area contributed by atoms with Gasteiger partial charge in [0.25, 0.3) is 0 Å². The summed E-state index contributed by atoms with van der Waals surface area (Å²) in [5.74, 6) is -1.23. The molecule has 1 aromatic carbocycles. The van der Waals surface area contributed by atoms with E-state index in [1.54, 1.807) is 6.07 Å². The molecule has 0 heterocycles. The van der Waals surface area contributed by atoms with Crippen molar-refractivity contribution in [2.75, 3.05) is 13.7 Å². The Morgan fingerprint density at radius 2 is 2.29 bits per heavy atom. The van der Waals surface area contributed by atoms with Crippen molar-refractivity contribution in [3.05, 3.63) is 35.1 Å². The van der Waals surface area contributed by atoms with Gasteiger partial charge in [-0.05, 0) is 30.7 Å². The molecule has 0 saturated carbocycles. The van der Waals surface area contributed by atoms with Crippen molar-refractivity contribution in [1.29, 1.82) is 0 Å². The van der Waals surface area contributed by atoms with Crippen molar-refractivity contribution < 1.29 is 13.9 Å². The zero-order valence-corrected chi connectivity index (χ0v) is 7.92. The van der Waals surface area contributed by atoms with E-state index >= 15 is 0 Å². The molecule has 0 bridgehead atoms. The number of halogens is 1. The van der Waals surface area contributed by atoms with E-state index < -0.39 is 11.8 Å². The maximum atomic E-state index is 13.3. The molecule has 0 spiro atoms. The van der Waals surface area contributed by atoms with E-state index in [4.69, 9.17) is 5.73 Å². The highest BCUT2D eigenvalue weighted by molar-refractivity contribution is 5.89. The van der Waals surface area contributed by atoms with Gasteiger partial charge < -0.3 is 10.5 Å². The first-order chi connectivity index (χ1) is 6.69. The van der Waals surface area contributed by atoms with E-state index in [9.17, 15) is 9.18 Å². The molecule has 1 aromatic rings. The molecule has 2 N–H and O–H groups in total. The van der Waals surface area contributed by atoms with Gasteiger partial charge in [-0.3, -0.25) is 0 Å². The highest BCUT2D eigenvalue weighted by Crippen LogP contribution is 2.11. The molecule has 0 amide bonds. The fourth-order valence-electron chi connectivity index (χ4n) is 1.16. The summed E-state index contributed by atoms with van der Waals surface area (Å²) in [4.78, 5) is 11.0. The van der Waals surface area contributed by atoms with Gasteiger partial charge in [0.2, 0.25) is 0 Å². The standard InChI is InChI=1S/C10H12FNO2/c1-14-10(13)8-3-2-7(4-5-12)6-9(8)11/h2-3,6H,4-5,12H2,1H3. The van der Waals surface area contributed by atoms with Crippen molar-refractivity contribution >= 4 is 5.97 Å². The minimum atomic E-state index is -0.665. The first kappa shape index (κ1) is 10.7. The molecular formula is C10H12FNO2. The van der Waals surface area contributed by atoms with Gasteiger partial charge in [-0.1, -0.05) is 6.07 Å². The van der Waals surface area contributed by atoms with Gasteiger partial charge in [0.05, 0.1) is 12.7 Å². The molecule has 0 atom stereocenters. The maximum absolute atomic E-state index is 13.3. The molecule has 0 unspecified atom stereocenters. The molecule has 0 aliphatic heterocycles. The van der Waals surface area contributed by atoms with Crippen molar-refractivity contribution in [3.8, 4) is 0 Å². The zero-order chi connectivity index (χ0) is 10.6. The zero-order valence-electron chi connectivity index (χ0n) is 7.92. The first-order valence-corrected chi connectivity index (χ1v) is 4.26. The number of esters is 1. The monoisotopic (exact) mass is 197 g/mol. The Bertz CT molecular complexity index is 339. The number of ether oxygens (including phenoxy) is 1. The summed E-state index contributed by atoms with van der Waals surface area (Å²) in [6.07, 6.45) is 0.596. The highest BCUT2D eigenvalue weighted by atomic mass is 19.1. The third kappa shape index (κ3) is 2.29. The lowest BCUT2D eigenvalue weighted by molar-refractivity contribution is 0.0595. The Labute approximate surface area is 81.7 Å². The largest absolute Gasteiger partial charge is 0.465 e.